The van der Waals surface area contributed by atoms with E-state index < -0.39 is 28.5 Å². The van der Waals surface area contributed by atoms with Crippen molar-refractivity contribution in [3.05, 3.63) is 94.0 Å². The lowest BCUT2D eigenvalue weighted by atomic mass is 9.95. The zero-order valence-electron chi connectivity index (χ0n) is 23.9. The summed E-state index contributed by atoms with van der Waals surface area (Å²) in [6.07, 6.45) is 5.42. The van der Waals surface area contributed by atoms with Gasteiger partial charge >= 0.3 is 0 Å². The highest BCUT2D eigenvalue weighted by atomic mass is 35.5. The fourth-order valence-corrected chi connectivity index (χ4v) is 6.98. The average molecular weight is 631 g/mol. The van der Waals surface area contributed by atoms with Gasteiger partial charge in [-0.1, -0.05) is 85.3 Å². The second kappa shape index (κ2) is 14.4. The Hall–Kier alpha value is -3.07. The summed E-state index contributed by atoms with van der Waals surface area (Å²) in [5.41, 5.74) is 1.94. The first-order valence-electron chi connectivity index (χ1n) is 14.3. The monoisotopic (exact) mass is 629 g/mol. The van der Waals surface area contributed by atoms with Crippen LogP contribution in [0.2, 0.25) is 10.0 Å². The molecule has 1 aliphatic rings. The predicted octanol–water partition coefficient (Wildman–Crippen LogP) is 6.75. The summed E-state index contributed by atoms with van der Waals surface area (Å²) in [7, 11) is -4.17. The second-order valence-electron chi connectivity index (χ2n) is 10.7. The van der Waals surface area contributed by atoms with E-state index in [-0.39, 0.29) is 23.4 Å². The van der Waals surface area contributed by atoms with Crippen molar-refractivity contribution in [2.45, 2.75) is 75.9 Å². The van der Waals surface area contributed by atoms with Gasteiger partial charge in [-0.15, -0.1) is 0 Å². The van der Waals surface area contributed by atoms with Gasteiger partial charge in [-0.25, -0.2) is 8.42 Å². The second-order valence-corrected chi connectivity index (χ2v) is 13.4. The minimum absolute atomic E-state index is 0.0000110. The van der Waals surface area contributed by atoms with E-state index in [1.54, 1.807) is 42.5 Å². The van der Waals surface area contributed by atoms with Crippen LogP contribution < -0.4 is 9.62 Å². The van der Waals surface area contributed by atoms with Crippen LogP contribution in [0.25, 0.3) is 0 Å². The molecule has 0 radical (unpaired) electrons. The van der Waals surface area contributed by atoms with Crippen molar-refractivity contribution in [3.63, 3.8) is 0 Å². The number of nitrogens with one attached hydrogen (secondary N) is 1. The Bertz CT molecular complexity index is 1470. The number of anilines is 1. The zero-order valence-corrected chi connectivity index (χ0v) is 26.3. The fourth-order valence-electron chi connectivity index (χ4n) is 5.25. The maximum Gasteiger partial charge on any atom is 0.264 e. The molecule has 1 N–H and O–H groups in total. The Kier molecular flexibility index (Phi) is 10.9. The van der Waals surface area contributed by atoms with E-state index in [2.05, 4.69) is 5.32 Å². The van der Waals surface area contributed by atoms with Crippen LogP contribution in [0, 0.1) is 6.92 Å². The number of carbonyl (C=O) groups is 2. The molecule has 10 heteroatoms. The highest BCUT2D eigenvalue weighted by Gasteiger charge is 2.34. The van der Waals surface area contributed by atoms with Crippen LogP contribution in [0.1, 0.15) is 56.6 Å². The lowest BCUT2D eigenvalue weighted by Gasteiger charge is -2.34. The zero-order chi connectivity index (χ0) is 30.3. The molecule has 0 aliphatic heterocycles. The van der Waals surface area contributed by atoms with Gasteiger partial charge in [0.2, 0.25) is 11.8 Å². The SMILES string of the molecule is CC[C@@H](C(=O)NC1CCCCC1)N(Cc1ccccc1Cl)C(=O)CN(c1ccc(C)cc1)S(=O)(=O)c1ccc(Cl)cc1. The van der Waals surface area contributed by atoms with Crippen LogP contribution in [0.15, 0.2) is 77.7 Å². The Morgan fingerprint density at radius 2 is 1.57 bits per heavy atom. The van der Waals surface area contributed by atoms with Crippen LogP contribution in [-0.4, -0.2) is 43.8 Å². The first-order valence-corrected chi connectivity index (χ1v) is 16.5. The maximum absolute atomic E-state index is 14.2. The molecule has 1 aliphatic carbocycles. The number of aryl methyl sites for hydroxylation is 1. The normalized spacial score (nSPS) is 14.7. The average Bonchev–Trinajstić information content (AvgIpc) is 2.98. The predicted molar refractivity (Wildman–Crippen MR) is 168 cm³/mol. The molecule has 3 aromatic rings. The summed E-state index contributed by atoms with van der Waals surface area (Å²) in [6.45, 7) is 3.29. The Labute approximate surface area is 258 Å². The molecular formula is C32H37Cl2N3O4S. The van der Waals surface area contributed by atoms with Crippen LogP contribution >= 0.6 is 23.2 Å². The van der Waals surface area contributed by atoms with E-state index in [9.17, 15) is 18.0 Å². The molecule has 0 bridgehead atoms. The smallest absolute Gasteiger partial charge is 0.264 e. The summed E-state index contributed by atoms with van der Waals surface area (Å²) in [6, 6.07) is 19.1. The molecule has 4 rings (SSSR count). The first kappa shape index (κ1) is 31.9. The molecule has 224 valence electrons. The summed E-state index contributed by atoms with van der Waals surface area (Å²) in [5, 5.41) is 4.00. The molecular weight excluding hydrogens is 593 g/mol. The fraction of sp³-hybridized carbons (Fsp3) is 0.375. The highest BCUT2D eigenvalue weighted by molar-refractivity contribution is 7.92. The van der Waals surface area contributed by atoms with Gasteiger partial charge in [0.05, 0.1) is 10.6 Å². The first-order chi connectivity index (χ1) is 20.1. The van der Waals surface area contributed by atoms with E-state index in [0.29, 0.717) is 27.7 Å². The number of hydrogen-bond donors (Lipinski definition) is 1. The van der Waals surface area contributed by atoms with E-state index in [4.69, 9.17) is 23.2 Å². The summed E-state index contributed by atoms with van der Waals surface area (Å²) in [4.78, 5) is 29.3. The Morgan fingerprint density at radius 3 is 2.19 bits per heavy atom. The standard InChI is InChI=1S/C32H37Cl2N3O4S/c1-3-30(32(39)35-26-10-5-4-6-11-26)36(21-24-9-7-8-12-29(24)34)31(38)22-37(27-17-13-23(2)14-18-27)42(40,41)28-19-15-25(33)16-20-28/h7-9,12-20,26,30H,3-6,10-11,21-22H2,1-2H3,(H,35,39)/t30-/m0/s1. The Morgan fingerprint density at radius 1 is 0.929 bits per heavy atom. The van der Waals surface area contributed by atoms with E-state index in [0.717, 1.165) is 42.0 Å². The van der Waals surface area contributed by atoms with Crippen molar-refractivity contribution >= 4 is 50.7 Å². The molecule has 7 nitrogen and oxygen atoms in total. The van der Waals surface area contributed by atoms with Crippen LogP contribution in [0.4, 0.5) is 5.69 Å². The number of carbonyl (C=O) groups excluding carboxylic acids is 2. The largest absolute Gasteiger partial charge is 0.352 e. The van der Waals surface area contributed by atoms with Crippen molar-refractivity contribution in [3.8, 4) is 0 Å². The van der Waals surface area contributed by atoms with Gasteiger partial charge in [-0.3, -0.25) is 13.9 Å². The van der Waals surface area contributed by atoms with Crippen molar-refractivity contribution in [2.24, 2.45) is 0 Å². The van der Waals surface area contributed by atoms with E-state index in [1.807, 2.05) is 19.9 Å². The molecule has 1 fully saturated rings. The van der Waals surface area contributed by atoms with Gasteiger partial charge in [0.25, 0.3) is 10.0 Å². The third-order valence-corrected chi connectivity index (χ3v) is 10.0. The third-order valence-electron chi connectivity index (χ3n) is 7.64. The van der Waals surface area contributed by atoms with Crippen molar-refractivity contribution < 1.29 is 18.0 Å². The number of sulfonamides is 1. The van der Waals surface area contributed by atoms with Crippen molar-refractivity contribution in [2.75, 3.05) is 10.8 Å². The maximum atomic E-state index is 14.2. The molecule has 0 spiro atoms. The lowest BCUT2D eigenvalue weighted by molar-refractivity contribution is -0.140. The summed E-state index contributed by atoms with van der Waals surface area (Å²) < 4.78 is 29.0. The number of rotatable bonds is 11. The van der Waals surface area contributed by atoms with Gasteiger partial charge in [-0.05, 0) is 74.2 Å². The molecule has 2 amide bonds. The van der Waals surface area contributed by atoms with Gasteiger partial charge < -0.3 is 10.2 Å². The molecule has 3 aromatic carbocycles. The summed E-state index contributed by atoms with van der Waals surface area (Å²) in [5.74, 6) is -0.758. The number of nitrogens with zero attached hydrogens (tertiary/aromatic N) is 2. The molecule has 0 unspecified atom stereocenters. The third kappa shape index (κ3) is 7.85. The highest BCUT2D eigenvalue weighted by Crippen LogP contribution is 2.27. The minimum Gasteiger partial charge on any atom is -0.352 e. The minimum atomic E-state index is -4.17. The van der Waals surface area contributed by atoms with Crippen LogP contribution in [0.3, 0.4) is 0 Å². The quantitative estimate of drug-likeness (QED) is 0.254. The molecule has 1 saturated carbocycles. The molecule has 42 heavy (non-hydrogen) atoms. The van der Waals surface area contributed by atoms with E-state index in [1.165, 1.54) is 29.2 Å². The molecule has 0 heterocycles. The Balaban J connectivity index is 1.71. The van der Waals surface area contributed by atoms with E-state index >= 15 is 0 Å². The number of hydrogen-bond acceptors (Lipinski definition) is 4. The number of halogens is 2. The van der Waals surface area contributed by atoms with Gasteiger partial charge in [0.1, 0.15) is 12.6 Å². The number of benzene rings is 3. The van der Waals surface area contributed by atoms with Gasteiger partial charge in [0, 0.05) is 22.6 Å². The van der Waals surface area contributed by atoms with Crippen LogP contribution in [-0.2, 0) is 26.2 Å². The van der Waals surface area contributed by atoms with Gasteiger partial charge in [0.15, 0.2) is 0 Å². The van der Waals surface area contributed by atoms with Crippen molar-refractivity contribution in [1.29, 1.82) is 0 Å². The van der Waals surface area contributed by atoms with Gasteiger partial charge in [-0.2, -0.15) is 0 Å². The molecule has 0 saturated heterocycles. The molecule has 1 atom stereocenters. The topological polar surface area (TPSA) is 86.8 Å². The van der Waals surface area contributed by atoms with Crippen LogP contribution in [0.5, 0.6) is 0 Å². The summed E-state index contributed by atoms with van der Waals surface area (Å²) >= 11 is 12.5. The number of amides is 2. The molecule has 0 aromatic heterocycles. The lowest BCUT2D eigenvalue weighted by Crippen LogP contribution is -2.54. The van der Waals surface area contributed by atoms with Crippen molar-refractivity contribution in [1.82, 2.24) is 10.2 Å².